The number of rotatable bonds is 6. The zero-order valence-electron chi connectivity index (χ0n) is 21.7. The third kappa shape index (κ3) is 4.76. The van der Waals surface area contributed by atoms with Crippen LogP contribution in [0.3, 0.4) is 0 Å². The molecule has 2 aromatic carbocycles. The average Bonchev–Trinajstić information content (AvgIpc) is 3.51. The van der Waals surface area contributed by atoms with E-state index in [9.17, 15) is 19.2 Å². The standard InChI is InChI=1S/C29H21FN6O5/c1-39-28(37)23-22(16-6-4-3-5-7-16)20(15-31)25(32)36(24(23)29(38)40-2)21-9-8-18(30)14-19(21)27-35-34-26(41-27)17-10-12-33-13-11-17/h3-14,22H,32H2,1-2H3. The molecule has 0 amide bonds. The van der Waals surface area contributed by atoms with Crippen molar-refractivity contribution in [3.63, 3.8) is 0 Å². The lowest BCUT2D eigenvalue weighted by Gasteiger charge is -2.36. The number of carbonyl (C=O) groups excluding carboxylic acids is 2. The number of halogens is 1. The van der Waals surface area contributed by atoms with Gasteiger partial charge in [-0.3, -0.25) is 9.88 Å². The number of nitriles is 1. The first-order valence-electron chi connectivity index (χ1n) is 12.1. The Kier molecular flexibility index (Phi) is 7.25. The maximum Gasteiger partial charge on any atom is 0.355 e. The first-order valence-corrected chi connectivity index (χ1v) is 12.1. The summed E-state index contributed by atoms with van der Waals surface area (Å²) in [5, 5.41) is 18.4. The largest absolute Gasteiger partial charge is 0.466 e. The van der Waals surface area contributed by atoms with Gasteiger partial charge < -0.3 is 19.6 Å². The van der Waals surface area contributed by atoms with Gasteiger partial charge in [0.1, 0.15) is 17.3 Å². The fourth-order valence-corrected chi connectivity index (χ4v) is 4.58. The van der Waals surface area contributed by atoms with Crippen LogP contribution in [-0.4, -0.2) is 41.3 Å². The fraction of sp³-hybridized carbons (Fsp3) is 0.103. The zero-order chi connectivity index (χ0) is 29.1. The van der Waals surface area contributed by atoms with Gasteiger partial charge >= 0.3 is 11.9 Å². The highest BCUT2D eigenvalue weighted by molar-refractivity contribution is 6.07. The molecule has 11 nitrogen and oxygen atoms in total. The maximum atomic E-state index is 14.6. The van der Waals surface area contributed by atoms with Crippen LogP contribution in [0.5, 0.6) is 0 Å². The number of aromatic nitrogens is 3. The number of pyridine rings is 1. The summed E-state index contributed by atoms with van der Waals surface area (Å²) < 4.78 is 30.6. The number of nitrogens with two attached hydrogens (primary N) is 1. The highest BCUT2D eigenvalue weighted by Crippen LogP contribution is 2.45. The Morgan fingerprint density at radius 2 is 1.68 bits per heavy atom. The first-order chi connectivity index (χ1) is 19.9. The second-order valence-electron chi connectivity index (χ2n) is 8.64. The lowest BCUT2D eigenvalue weighted by molar-refractivity contribution is -0.139. The van der Waals surface area contributed by atoms with Crippen molar-refractivity contribution in [3.05, 3.63) is 107 Å². The smallest absolute Gasteiger partial charge is 0.355 e. The van der Waals surface area contributed by atoms with Gasteiger partial charge in [0.15, 0.2) is 0 Å². The number of anilines is 1. The van der Waals surface area contributed by atoms with Gasteiger partial charge in [-0.25, -0.2) is 14.0 Å². The summed E-state index contributed by atoms with van der Waals surface area (Å²) in [5.41, 5.74) is 7.17. The van der Waals surface area contributed by atoms with E-state index >= 15 is 0 Å². The monoisotopic (exact) mass is 552 g/mol. The van der Waals surface area contributed by atoms with Crippen molar-refractivity contribution in [2.75, 3.05) is 19.1 Å². The van der Waals surface area contributed by atoms with E-state index in [4.69, 9.17) is 19.6 Å². The van der Waals surface area contributed by atoms with Crippen molar-refractivity contribution in [2.24, 2.45) is 5.73 Å². The van der Waals surface area contributed by atoms with Crippen LogP contribution in [-0.2, 0) is 19.1 Å². The molecule has 2 N–H and O–H groups in total. The normalized spacial score (nSPS) is 15.0. The molecule has 0 bridgehead atoms. The van der Waals surface area contributed by atoms with Crippen LogP contribution in [0.1, 0.15) is 11.5 Å². The first kappa shape index (κ1) is 26.8. The summed E-state index contributed by atoms with van der Waals surface area (Å²) in [6.45, 7) is 0. The molecule has 41 heavy (non-hydrogen) atoms. The lowest BCUT2D eigenvalue weighted by atomic mass is 9.80. The third-order valence-corrected chi connectivity index (χ3v) is 6.39. The van der Waals surface area contributed by atoms with Crippen LogP contribution in [0.2, 0.25) is 0 Å². The molecule has 5 rings (SSSR count). The Hall–Kier alpha value is -5.83. The highest BCUT2D eigenvalue weighted by Gasteiger charge is 2.43. The van der Waals surface area contributed by atoms with Gasteiger partial charge in [-0.05, 0) is 35.9 Å². The van der Waals surface area contributed by atoms with E-state index < -0.39 is 23.7 Å². The van der Waals surface area contributed by atoms with Crippen LogP contribution in [0, 0.1) is 17.1 Å². The van der Waals surface area contributed by atoms with Crippen LogP contribution < -0.4 is 10.6 Å². The van der Waals surface area contributed by atoms with Gasteiger partial charge in [-0.2, -0.15) is 5.26 Å². The molecule has 1 unspecified atom stereocenters. The number of methoxy groups -OCH3 is 2. The molecule has 12 heteroatoms. The summed E-state index contributed by atoms with van der Waals surface area (Å²) >= 11 is 0. The van der Waals surface area contributed by atoms with Crippen molar-refractivity contribution >= 4 is 17.6 Å². The van der Waals surface area contributed by atoms with Crippen molar-refractivity contribution < 1.29 is 27.9 Å². The van der Waals surface area contributed by atoms with Gasteiger partial charge in [0.25, 0.3) is 0 Å². The van der Waals surface area contributed by atoms with Crippen LogP contribution in [0.15, 0.2) is 100 Å². The number of hydrogen-bond donors (Lipinski definition) is 1. The van der Waals surface area contributed by atoms with Crippen LogP contribution in [0.25, 0.3) is 22.9 Å². The van der Waals surface area contributed by atoms with E-state index in [-0.39, 0.29) is 45.7 Å². The molecule has 0 radical (unpaired) electrons. The summed E-state index contributed by atoms with van der Waals surface area (Å²) in [6.07, 6.45) is 3.08. The molecule has 0 saturated heterocycles. The van der Waals surface area contributed by atoms with Gasteiger partial charge in [0.2, 0.25) is 11.8 Å². The van der Waals surface area contributed by atoms with E-state index in [0.717, 1.165) is 31.3 Å². The van der Waals surface area contributed by atoms with E-state index in [0.29, 0.717) is 11.1 Å². The molecule has 0 spiro atoms. The summed E-state index contributed by atoms with van der Waals surface area (Å²) in [5.74, 6) is -3.77. The van der Waals surface area contributed by atoms with E-state index in [1.54, 1.807) is 54.9 Å². The summed E-state index contributed by atoms with van der Waals surface area (Å²) in [4.78, 5) is 31.8. The van der Waals surface area contributed by atoms with Gasteiger partial charge in [-0.15, -0.1) is 10.2 Å². The Balaban J connectivity index is 1.79. The molecule has 204 valence electrons. The number of allylic oxidation sites excluding steroid dienone is 1. The Morgan fingerprint density at radius 1 is 1.00 bits per heavy atom. The minimum atomic E-state index is -1.07. The second kappa shape index (κ2) is 11.1. The van der Waals surface area contributed by atoms with Gasteiger partial charge in [-0.1, -0.05) is 30.3 Å². The Labute approximate surface area is 232 Å². The van der Waals surface area contributed by atoms with Crippen molar-refractivity contribution in [2.45, 2.75) is 5.92 Å². The minimum Gasteiger partial charge on any atom is -0.466 e. The lowest BCUT2D eigenvalue weighted by Crippen LogP contribution is -2.41. The molecule has 2 aromatic heterocycles. The van der Waals surface area contributed by atoms with Gasteiger partial charge in [0.05, 0.1) is 48.6 Å². The molecule has 0 aliphatic carbocycles. The van der Waals surface area contributed by atoms with E-state index in [2.05, 4.69) is 21.3 Å². The summed E-state index contributed by atoms with van der Waals surface area (Å²) in [6, 6.07) is 17.5. The quantitative estimate of drug-likeness (QED) is 0.347. The highest BCUT2D eigenvalue weighted by atomic mass is 19.1. The number of hydrogen-bond acceptors (Lipinski definition) is 11. The van der Waals surface area contributed by atoms with E-state index in [1.165, 1.54) is 6.07 Å². The molecule has 0 saturated carbocycles. The SMILES string of the molecule is COC(=O)C1=C(C(=O)OC)N(c2ccc(F)cc2-c2nnc(-c3ccncc3)o2)C(N)=C(C#N)C1c1ccccc1. The molecule has 1 aliphatic rings. The van der Waals surface area contributed by atoms with Gasteiger partial charge in [0, 0.05) is 18.0 Å². The zero-order valence-corrected chi connectivity index (χ0v) is 21.7. The Morgan fingerprint density at radius 3 is 2.34 bits per heavy atom. The van der Waals surface area contributed by atoms with Crippen LogP contribution >= 0.6 is 0 Å². The molecule has 3 heterocycles. The van der Waals surface area contributed by atoms with Crippen LogP contribution in [0.4, 0.5) is 10.1 Å². The predicted octanol–water partition coefficient (Wildman–Crippen LogP) is 3.84. The van der Waals surface area contributed by atoms with E-state index in [1.807, 2.05) is 0 Å². The number of carbonyl (C=O) groups is 2. The Bertz CT molecular complexity index is 1740. The number of esters is 2. The molecular formula is C29H21FN6O5. The maximum absolute atomic E-state index is 14.6. The number of nitrogens with zero attached hydrogens (tertiary/aromatic N) is 5. The molecule has 4 aromatic rings. The number of ether oxygens (including phenoxy) is 2. The fourth-order valence-electron chi connectivity index (χ4n) is 4.58. The number of benzene rings is 2. The van der Waals surface area contributed by atoms with Crippen molar-refractivity contribution in [1.82, 2.24) is 15.2 Å². The molecule has 1 aliphatic heterocycles. The molecule has 0 fully saturated rings. The average molecular weight is 553 g/mol. The minimum absolute atomic E-state index is 0.0295. The summed E-state index contributed by atoms with van der Waals surface area (Å²) in [7, 11) is 2.27. The van der Waals surface area contributed by atoms with Crippen molar-refractivity contribution in [1.29, 1.82) is 5.26 Å². The molecule has 1 atom stereocenters. The van der Waals surface area contributed by atoms with Crippen molar-refractivity contribution in [3.8, 4) is 29.0 Å². The third-order valence-electron chi connectivity index (χ3n) is 6.39. The molecular weight excluding hydrogens is 531 g/mol. The topological polar surface area (TPSA) is 157 Å². The predicted molar refractivity (Wildman–Crippen MR) is 142 cm³/mol. The second-order valence-corrected chi connectivity index (χ2v) is 8.64.